The van der Waals surface area contributed by atoms with E-state index in [4.69, 9.17) is 4.74 Å². The molecule has 2 aliphatic rings. The minimum atomic E-state index is -0.888. The first-order valence-electron chi connectivity index (χ1n) is 9.29. The van der Waals surface area contributed by atoms with E-state index in [1.807, 2.05) is 0 Å². The van der Waals surface area contributed by atoms with Gasteiger partial charge >= 0.3 is 11.9 Å². The van der Waals surface area contributed by atoms with Crippen LogP contribution >= 0.6 is 11.3 Å². The third-order valence-electron chi connectivity index (χ3n) is 5.52. The number of ether oxygens (including phenoxy) is 1. The molecule has 2 saturated carbocycles. The predicted molar refractivity (Wildman–Crippen MR) is 98.3 cm³/mol. The molecule has 0 unspecified atom stereocenters. The molecule has 0 aromatic carbocycles. The van der Waals surface area contributed by atoms with Gasteiger partial charge in [0.2, 0.25) is 5.91 Å². The third kappa shape index (κ3) is 3.49. The number of anilines is 1. The molecule has 1 amide bonds. The van der Waals surface area contributed by atoms with Crippen molar-refractivity contribution in [3.63, 3.8) is 0 Å². The molecule has 1 aromatic rings. The molecule has 0 saturated heterocycles. The van der Waals surface area contributed by atoms with Crippen molar-refractivity contribution in [1.82, 2.24) is 0 Å². The van der Waals surface area contributed by atoms with Gasteiger partial charge in [0.25, 0.3) is 0 Å². The molecule has 1 aromatic heterocycles. The Morgan fingerprint density at radius 1 is 1.23 bits per heavy atom. The smallest absolute Gasteiger partial charge is 0.341 e. The maximum atomic E-state index is 12.9. The Hall–Kier alpha value is -1.89. The lowest BCUT2D eigenvalue weighted by atomic mass is 9.79. The van der Waals surface area contributed by atoms with Gasteiger partial charge in [0.1, 0.15) is 5.00 Å². The summed E-state index contributed by atoms with van der Waals surface area (Å²) in [5, 5.41) is 12.9. The molecule has 142 valence electrons. The summed E-state index contributed by atoms with van der Waals surface area (Å²) in [6.45, 7) is 4.05. The van der Waals surface area contributed by atoms with Crippen LogP contribution in [-0.2, 0) is 20.7 Å². The summed E-state index contributed by atoms with van der Waals surface area (Å²) < 4.78 is 5.10. The molecule has 0 radical (unpaired) electrons. The lowest BCUT2D eigenvalue weighted by Crippen LogP contribution is -2.37. The summed E-state index contributed by atoms with van der Waals surface area (Å²) in [5.41, 5.74) is 0.365. The SMILES string of the molecule is CCCc1cc(C(=O)OCC)c(NC(=O)[C@@H]2[C@H]3CC[C@@H](C3)[C@@H]2C(=O)O)s1. The maximum absolute atomic E-state index is 12.9. The molecule has 4 atom stereocenters. The van der Waals surface area contributed by atoms with Gasteiger partial charge in [0, 0.05) is 4.88 Å². The fraction of sp³-hybridized carbons (Fsp3) is 0.632. The Labute approximate surface area is 156 Å². The molecule has 3 rings (SSSR count). The van der Waals surface area contributed by atoms with E-state index in [9.17, 15) is 19.5 Å². The number of carbonyl (C=O) groups is 3. The Bertz CT molecular complexity index is 713. The molecule has 6 nitrogen and oxygen atoms in total. The van der Waals surface area contributed by atoms with Crippen molar-refractivity contribution in [3.05, 3.63) is 16.5 Å². The predicted octanol–water partition coefficient (Wildman–Crippen LogP) is 3.56. The van der Waals surface area contributed by atoms with Crippen LogP contribution in [0.1, 0.15) is 54.8 Å². The maximum Gasteiger partial charge on any atom is 0.341 e. The number of carbonyl (C=O) groups excluding carboxylic acids is 2. The highest BCUT2D eigenvalue weighted by atomic mass is 32.1. The molecule has 2 aliphatic carbocycles. The van der Waals surface area contributed by atoms with E-state index in [1.54, 1.807) is 13.0 Å². The highest BCUT2D eigenvalue weighted by Gasteiger charge is 2.54. The number of carboxylic acid groups (broad SMARTS) is 1. The summed E-state index contributed by atoms with van der Waals surface area (Å²) in [6.07, 6.45) is 4.36. The van der Waals surface area contributed by atoms with Gasteiger partial charge in [-0.1, -0.05) is 13.3 Å². The van der Waals surface area contributed by atoms with Crippen molar-refractivity contribution in [3.8, 4) is 0 Å². The zero-order valence-corrected chi connectivity index (χ0v) is 15.9. The molecule has 0 spiro atoms. The van der Waals surface area contributed by atoms with Crippen LogP contribution in [-0.4, -0.2) is 29.6 Å². The quantitative estimate of drug-likeness (QED) is 0.707. The van der Waals surface area contributed by atoms with Crippen LogP contribution in [0.5, 0.6) is 0 Å². The second-order valence-corrected chi connectivity index (χ2v) is 8.27. The van der Waals surface area contributed by atoms with Crippen LogP contribution in [0, 0.1) is 23.7 Å². The first-order chi connectivity index (χ1) is 12.5. The summed E-state index contributed by atoms with van der Waals surface area (Å²) in [7, 11) is 0. The summed E-state index contributed by atoms with van der Waals surface area (Å²) in [4.78, 5) is 37.8. The standard InChI is InChI=1S/C19H25NO5S/c1-3-5-12-9-13(19(24)25-4-2)17(26-12)20-16(21)14-10-6-7-11(8-10)15(14)18(22)23/h9-11,14-15H,3-8H2,1-2H3,(H,20,21)(H,22,23)/t10-,11-,14+,15-/m0/s1. The van der Waals surface area contributed by atoms with E-state index in [1.165, 1.54) is 11.3 Å². The van der Waals surface area contributed by atoms with E-state index in [0.29, 0.717) is 10.6 Å². The van der Waals surface area contributed by atoms with Crippen LogP contribution in [0.4, 0.5) is 5.00 Å². The highest BCUT2D eigenvalue weighted by Crippen LogP contribution is 2.52. The van der Waals surface area contributed by atoms with Gasteiger partial charge in [-0.15, -0.1) is 11.3 Å². The fourth-order valence-corrected chi connectivity index (χ4v) is 5.63. The van der Waals surface area contributed by atoms with Crippen LogP contribution in [0.15, 0.2) is 6.07 Å². The lowest BCUT2D eigenvalue weighted by Gasteiger charge is -2.26. The summed E-state index contributed by atoms with van der Waals surface area (Å²) in [6, 6.07) is 1.78. The number of rotatable bonds is 7. The zero-order valence-electron chi connectivity index (χ0n) is 15.1. The number of amides is 1. The zero-order chi connectivity index (χ0) is 18.8. The molecule has 2 fully saturated rings. The van der Waals surface area contributed by atoms with Gasteiger partial charge in [-0.2, -0.15) is 0 Å². The van der Waals surface area contributed by atoms with Gasteiger partial charge in [-0.25, -0.2) is 4.79 Å². The van der Waals surface area contributed by atoms with Crippen molar-refractivity contribution in [2.45, 2.75) is 46.0 Å². The third-order valence-corrected chi connectivity index (χ3v) is 6.63. The average Bonchev–Trinajstić information content (AvgIpc) is 3.29. The second-order valence-electron chi connectivity index (χ2n) is 7.14. The van der Waals surface area contributed by atoms with Gasteiger partial charge in [0.15, 0.2) is 0 Å². The molecular formula is C19H25NO5S. The largest absolute Gasteiger partial charge is 0.481 e. The summed E-state index contributed by atoms with van der Waals surface area (Å²) >= 11 is 1.37. The molecule has 2 bridgehead atoms. The van der Waals surface area contributed by atoms with Crippen LogP contribution < -0.4 is 5.32 Å². The fourth-order valence-electron chi connectivity index (χ4n) is 4.48. The number of thiophene rings is 1. The van der Waals surface area contributed by atoms with Gasteiger partial charge in [-0.3, -0.25) is 9.59 Å². The number of esters is 1. The van der Waals surface area contributed by atoms with Crippen molar-refractivity contribution >= 4 is 34.2 Å². The number of aliphatic carboxylic acids is 1. The first kappa shape index (κ1) is 18.9. The van der Waals surface area contributed by atoms with Crippen molar-refractivity contribution in [1.29, 1.82) is 0 Å². The van der Waals surface area contributed by atoms with Gasteiger partial charge in [0.05, 0.1) is 24.0 Å². The lowest BCUT2D eigenvalue weighted by molar-refractivity contribution is -0.148. The monoisotopic (exact) mass is 379 g/mol. The Kier molecular flexibility index (Phi) is 5.65. The minimum Gasteiger partial charge on any atom is -0.481 e. The van der Waals surface area contributed by atoms with Crippen LogP contribution in [0.2, 0.25) is 0 Å². The van der Waals surface area contributed by atoms with E-state index in [2.05, 4.69) is 12.2 Å². The van der Waals surface area contributed by atoms with E-state index < -0.39 is 23.8 Å². The van der Waals surface area contributed by atoms with E-state index in [-0.39, 0.29) is 24.3 Å². The molecule has 26 heavy (non-hydrogen) atoms. The van der Waals surface area contributed by atoms with Gasteiger partial charge < -0.3 is 15.2 Å². The molecule has 7 heteroatoms. The van der Waals surface area contributed by atoms with Crippen LogP contribution in [0.25, 0.3) is 0 Å². The Balaban J connectivity index is 1.82. The second kappa shape index (κ2) is 7.78. The van der Waals surface area contributed by atoms with Crippen molar-refractivity contribution in [2.24, 2.45) is 23.7 Å². The van der Waals surface area contributed by atoms with Gasteiger partial charge in [-0.05, 0) is 50.5 Å². The minimum absolute atomic E-state index is 0.0942. The van der Waals surface area contributed by atoms with E-state index >= 15 is 0 Å². The van der Waals surface area contributed by atoms with Crippen molar-refractivity contribution in [2.75, 3.05) is 11.9 Å². The summed E-state index contributed by atoms with van der Waals surface area (Å²) in [5.74, 6) is -2.53. The highest BCUT2D eigenvalue weighted by molar-refractivity contribution is 7.16. The average molecular weight is 379 g/mol. The number of aryl methyl sites for hydroxylation is 1. The van der Waals surface area contributed by atoms with Crippen molar-refractivity contribution < 1.29 is 24.2 Å². The number of hydrogen-bond acceptors (Lipinski definition) is 5. The Morgan fingerprint density at radius 3 is 2.54 bits per heavy atom. The first-order valence-corrected chi connectivity index (χ1v) is 10.1. The topological polar surface area (TPSA) is 92.7 Å². The van der Waals surface area contributed by atoms with E-state index in [0.717, 1.165) is 37.0 Å². The molecule has 2 N–H and O–H groups in total. The molecule has 0 aliphatic heterocycles. The number of fused-ring (bicyclic) bond motifs is 2. The molecular weight excluding hydrogens is 354 g/mol. The number of carboxylic acids is 1. The normalized spacial score (nSPS) is 26.7. The van der Waals surface area contributed by atoms with Crippen LogP contribution in [0.3, 0.4) is 0 Å². The Morgan fingerprint density at radius 2 is 1.92 bits per heavy atom. The number of nitrogens with one attached hydrogen (secondary N) is 1. The molecule has 1 heterocycles. The number of hydrogen-bond donors (Lipinski definition) is 2.